The fourth-order valence-electron chi connectivity index (χ4n) is 5.48. The second-order valence-electron chi connectivity index (χ2n) is 10.1. The van der Waals surface area contributed by atoms with Crippen molar-refractivity contribution in [2.75, 3.05) is 0 Å². The second-order valence-corrected chi connectivity index (χ2v) is 10.5. The molecule has 1 aliphatic carbocycles. The maximum absolute atomic E-state index is 13.7. The van der Waals surface area contributed by atoms with Crippen LogP contribution in [-0.4, -0.2) is 41.1 Å². The van der Waals surface area contributed by atoms with Gasteiger partial charge in [-0.3, -0.25) is 18.9 Å². The number of imidazole rings is 1. The molecule has 10 heteroatoms. The van der Waals surface area contributed by atoms with Crippen molar-refractivity contribution in [2.24, 2.45) is 5.92 Å². The van der Waals surface area contributed by atoms with E-state index in [4.69, 9.17) is 11.6 Å². The number of nitrogens with zero attached hydrogens (tertiary/aromatic N) is 6. The fourth-order valence-corrected chi connectivity index (χ4v) is 5.64. The van der Waals surface area contributed by atoms with Gasteiger partial charge < -0.3 is 5.32 Å². The van der Waals surface area contributed by atoms with Crippen LogP contribution in [0.25, 0.3) is 22.4 Å². The van der Waals surface area contributed by atoms with Crippen LogP contribution in [0.5, 0.6) is 0 Å². The average Bonchev–Trinajstić information content (AvgIpc) is 3.58. The van der Waals surface area contributed by atoms with Gasteiger partial charge >= 0.3 is 5.69 Å². The Morgan fingerprint density at radius 1 is 1.03 bits per heavy atom. The zero-order valence-electron chi connectivity index (χ0n) is 21.5. The molecule has 0 bridgehead atoms. The number of nitrogens with one attached hydrogen (secondary N) is 1. The van der Waals surface area contributed by atoms with Crippen molar-refractivity contribution >= 4 is 28.5 Å². The Morgan fingerprint density at radius 2 is 1.74 bits per heavy atom. The van der Waals surface area contributed by atoms with Gasteiger partial charge in [0.05, 0.1) is 51.1 Å². The molecule has 0 aliphatic heterocycles. The quantitative estimate of drug-likeness (QED) is 0.335. The summed E-state index contributed by atoms with van der Waals surface area (Å²) in [5, 5.41) is 11.5. The van der Waals surface area contributed by atoms with Crippen LogP contribution in [0.3, 0.4) is 0 Å². The third-order valence-electron chi connectivity index (χ3n) is 7.55. The summed E-state index contributed by atoms with van der Waals surface area (Å²) in [4.78, 5) is 30.7. The molecule has 6 rings (SSSR count). The summed E-state index contributed by atoms with van der Waals surface area (Å²) >= 11 is 6.04. The molecule has 0 saturated heterocycles. The molecular weight excluding hydrogens is 514 g/mol. The molecule has 39 heavy (non-hydrogen) atoms. The van der Waals surface area contributed by atoms with Gasteiger partial charge in [0, 0.05) is 18.8 Å². The summed E-state index contributed by atoms with van der Waals surface area (Å²) in [6, 6.07) is 17.4. The van der Waals surface area contributed by atoms with Gasteiger partial charge in [0.1, 0.15) is 0 Å². The minimum Gasteiger partial charge on any atom is -0.349 e. The van der Waals surface area contributed by atoms with E-state index in [1.165, 1.54) is 0 Å². The minimum atomic E-state index is -0.139. The smallest absolute Gasteiger partial charge is 0.333 e. The summed E-state index contributed by atoms with van der Waals surface area (Å²) < 4.78 is 5.35. The van der Waals surface area contributed by atoms with Crippen LogP contribution in [0.15, 0.2) is 78.0 Å². The summed E-state index contributed by atoms with van der Waals surface area (Å²) in [7, 11) is 0. The number of aryl methyl sites for hydroxylation is 1. The normalized spacial score (nSPS) is 17.4. The van der Waals surface area contributed by atoms with E-state index in [0.717, 1.165) is 48.1 Å². The molecule has 9 nitrogen and oxygen atoms in total. The Hall–Kier alpha value is -4.24. The van der Waals surface area contributed by atoms with Crippen LogP contribution in [-0.2, 0) is 6.54 Å². The van der Waals surface area contributed by atoms with Crippen LogP contribution < -0.4 is 11.0 Å². The number of amides is 1. The largest absolute Gasteiger partial charge is 0.349 e. The Morgan fingerprint density at radius 3 is 2.46 bits per heavy atom. The molecule has 3 heterocycles. The number of halogens is 1. The van der Waals surface area contributed by atoms with Crippen LogP contribution in [0, 0.1) is 12.8 Å². The van der Waals surface area contributed by atoms with E-state index in [0.29, 0.717) is 28.7 Å². The van der Waals surface area contributed by atoms with Crippen molar-refractivity contribution < 1.29 is 4.79 Å². The highest BCUT2D eigenvalue weighted by atomic mass is 35.5. The van der Waals surface area contributed by atoms with Gasteiger partial charge in [-0.1, -0.05) is 28.9 Å². The molecule has 0 radical (unpaired) electrons. The van der Waals surface area contributed by atoms with Gasteiger partial charge in [-0.15, -0.1) is 5.10 Å². The first-order valence-electron chi connectivity index (χ1n) is 13.1. The monoisotopic (exact) mass is 541 g/mol. The molecule has 1 N–H and O–H groups in total. The molecule has 2 aromatic carbocycles. The SMILES string of the molecule is Cc1ncc(Cl)cc1C(=O)N[C@H]1CC[C@H](Cn2c(=O)n(-c3ccc(-n4ccnn4)cc3)c3ccccc32)CC1. The van der Waals surface area contributed by atoms with Gasteiger partial charge in [0.15, 0.2) is 0 Å². The predicted molar refractivity (Wildman–Crippen MR) is 150 cm³/mol. The molecule has 3 aromatic heterocycles. The summed E-state index contributed by atoms with van der Waals surface area (Å²) in [6.07, 6.45) is 8.54. The lowest BCUT2D eigenvalue weighted by atomic mass is 9.85. The number of aromatic nitrogens is 6. The standard InChI is InChI=1S/C29H28ClN7O2/c1-19-25(16-21(30)17-31-19)28(38)33-22-8-6-20(7-9-22)18-35-26-4-2-3-5-27(26)37(29(35)39)24-12-10-23(11-13-24)36-15-14-32-34-36/h2-5,10-17,20,22H,6-9,18H2,1H3,(H,33,38)/t20-,22-. The van der Waals surface area contributed by atoms with E-state index < -0.39 is 0 Å². The van der Waals surface area contributed by atoms with Gasteiger partial charge in [0.25, 0.3) is 5.91 Å². The van der Waals surface area contributed by atoms with Crippen LogP contribution in [0.1, 0.15) is 41.7 Å². The molecule has 198 valence electrons. The van der Waals surface area contributed by atoms with Gasteiger partial charge in [-0.05, 0) is 81.0 Å². The molecule has 1 amide bonds. The van der Waals surface area contributed by atoms with Crippen LogP contribution in [0.2, 0.25) is 5.02 Å². The summed E-state index contributed by atoms with van der Waals surface area (Å²) in [5.74, 6) is 0.208. The highest BCUT2D eigenvalue weighted by Gasteiger charge is 2.25. The average molecular weight is 542 g/mol. The maximum atomic E-state index is 13.7. The number of rotatable bonds is 6. The van der Waals surface area contributed by atoms with E-state index in [1.54, 1.807) is 33.9 Å². The number of fused-ring (bicyclic) bond motifs is 1. The van der Waals surface area contributed by atoms with E-state index in [9.17, 15) is 9.59 Å². The van der Waals surface area contributed by atoms with Crippen LogP contribution >= 0.6 is 11.6 Å². The lowest BCUT2D eigenvalue weighted by molar-refractivity contribution is 0.0919. The first kappa shape index (κ1) is 25.1. The Balaban J connectivity index is 1.18. The van der Waals surface area contributed by atoms with E-state index in [1.807, 2.05) is 60.0 Å². The van der Waals surface area contributed by atoms with E-state index >= 15 is 0 Å². The van der Waals surface area contributed by atoms with Crippen LogP contribution in [0.4, 0.5) is 0 Å². The molecule has 1 saturated carbocycles. The van der Waals surface area contributed by atoms with Crippen molar-refractivity contribution in [3.05, 3.63) is 100.0 Å². The topological polar surface area (TPSA) is 99.6 Å². The molecule has 0 spiro atoms. The molecular formula is C29H28ClN7O2. The number of carbonyl (C=O) groups excluding carboxylic acids is 1. The molecule has 0 unspecified atom stereocenters. The van der Waals surface area contributed by atoms with Crippen molar-refractivity contribution in [3.8, 4) is 11.4 Å². The Labute approximate surface area is 230 Å². The number of pyridine rings is 1. The number of hydrogen-bond acceptors (Lipinski definition) is 5. The highest BCUT2D eigenvalue weighted by Crippen LogP contribution is 2.28. The lowest BCUT2D eigenvalue weighted by Gasteiger charge is -2.29. The highest BCUT2D eigenvalue weighted by molar-refractivity contribution is 6.30. The summed E-state index contributed by atoms with van der Waals surface area (Å²) in [6.45, 7) is 2.45. The zero-order chi connectivity index (χ0) is 26.9. The third kappa shape index (κ3) is 4.97. The van der Waals surface area contributed by atoms with Gasteiger partial charge in [-0.25, -0.2) is 9.48 Å². The summed E-state index contributed by atoms with van der Waals surface area (Å²) in [5.41, 5.74) is 4.59. The maximum Gasteiger partial charge on any atom is 0.333 e. The van der Waals surface area contributed by atoms with Gasteiger partial charge in [-0.2, -0.15) is 0 Å². The Bertz CT molecular complexity index is 1680. The second kappa shape index (κ2) is 10.5. The number of benzene rings is 2. The number of hydrogen-bond donors (Lipinski definition) is 1. The number of para-hydroxylation sites is 2. The van der Waals surface area contributed by atoms with E-state index in [-0.39, 0.29) is 17.6 Å². The van der Waals surface area contributed by atoms with Gasteiger partial charge in [0.2, 0.25) is 0 Å². The molecule has 0 atom stereocenters. The first-order chi connectivity index (χ1) is 19.0. The minimum absolute atomic E-state index is 0.0518. The predicted octanol–water partition coefficient (Wildman–Crippen LogP) is 4.72. The van der Waals surface area contributed by atoms with Crippen molar-refractivity contribution in [1.29, 1.82) is 0 Å². The van der Waals surface area contributed by atoms with Crippen molar-refractivity contribution in [3.63, 3.8) is 0 Å². The third-order valence-corrected chi connectivity index (χ3v) is 7.76. The lowest BCUT2D eigenvalue weighted by Crippen LogP contribution is -2.39. The van der Waals surface area contributed by atoms with E-state index in [2.05, 4.69) is 20.6 Å². The molecule has 1 aliphatic rings. The fraction of sp³-hybridized carbons (Fsp3) is 0.276. The Kier molecular flexibility index (Phi) is 6.74. The number of carbonyl (C=O) groups is 1. The van der Waals surface area contributed by atoms with Crippen molar-refractivity contribution in [1.82, 2.24) is 34.4 Å². The van der Waals surface area contributed by atoms with Crippen molar-refractivity contribution in [2.45, 2.75) is 45.2 Å². The molecule has 5 aromatic rings. The molecule has 1 fully saturated rings. The zero-order valence-corrected chi connectivity index (χ0v) is 22.3. The first-order valence-corrected chi connectivity index (χ1v) is 13.5.